The largest absolute Gasteiger partial charge is 0.481 e. The number of benzene rings is 1. The molecule has 0 radical (unpaired) electrons. The number of methoxy groups -OCH3 is 1. The Morgan fingerprint density at radius 3 is 2.61 bits per heavy atom. The van der Waals surface area contributed by atoms with E-state index in [9.17, 15) is 0 Å². The molecule has 10 heteroatoms. The lowest BCUT2D eigenvalue weighted by molar-refractivity contribution is 0.288. The highest BCUT2D eigenvalue weighted by Crippen LogP contribution is 2.49. The van der Waals surface area contributed by atoms with E-state index < -0.39 is 0 Å². The molecule has 41 heavy (non-hydrogen) atoms. The molecule has 0 spiro atoms. The van der Waals surface area contributed by atoms with Crippen LogP contribution in [-0.4, -0.2) is 54.0 Å². The summed E-state index contributed by atoms with van der Waals surface area (Å²) < 4.78 is 11.3. The zero-order valence-electron chi connectivity index (χ0n) is 24.0. The number of allylic oxidation sites excluding steroid dienone is 1. The summed E-state index contributed by atoms with van der Waals surface area (Å²) in [6.07, 6.45) is 11.4. The fourth-order valence-electron chi connectivity index (χ4n) is 5.70. The Kier molecular flexibility index (Phi) is 6.13. The van der Waals surface area contributed by atoms with Gasteiger partial charge in [-0.05, 0) is 44.2 Å². The van der Waals surface area contributed by atoms with Crippen LogP contribution in [0.15, 0.2) is 47.5 Å². The molecule has 0 amide bonds. The van der Waals surface area contributed by atoms with Gasteiger partial charge in [0.05, 0.1) is 30.2 Å². The van der Waals surface area contributed by atoms with E-state index >= 15 is 0 Å². The van der Waals surface area contributed by atoms with Gasteiger partial charge in [0.15, 0.2) is 5.65 Å². The van der Waals surface area contributed by atoms with E-state index in [0.29, 0.717) is 24.1 Å². The maximum Gasteiger partial charge on any atom is 0.212 e. The van der Waals surface area contributed by atoms with Crippen molar-refractivity contribution in [2.45, 2.75) is 50.9 Å². The van der Waals surface area contributed by atoms with Gasteiger partial charge in [0.25, 0.3) is 0 Å². The topological polar surface area (TPSA) is 114 Å². The summed E-state index contributed by atoms with van der Waals surface area (Å²) in [5.41, 5.74) is 14.0. The summed E-state index contributed by atoms with van der Waals surface area (Å²) in [5, 5.41) is 11.5. The second-order valence-corrected chi connectivity index (χ2v) is 11.2. The van der Waals surface area contributed by atoms with Crippen molar-refractivity contribution in [1.82, 2.24) is 34.1 Å². The third-order valence-electron chi connectivity index (χ3n) is 8.04. The average molecular weight is 550 g/mol. The number of imidazole rings is 1. The predicted octanol–water partition coefficient (Wildman–Crippen LogP) is 5.35. The molecule has 4 heterocycles. The van der Waals surface area contributed by atoms with Gasteiger partial charge in [-0.2, -0.15) is 10.2 Å². The van der Waals surface area contributed by atoms with Gasteiger partial charge in [0.2, 0.25) is 5.88 Å². The molecule has 2 aliphatic carbocycles. The predicted molar refractivity (Wildman–Crippen MR) is 161 cm³/mol. The Balaban J connectivity index is 1.40. The van der Waals surface area contributed by atoms with Gasteiger partial charge in [-0.25, -0.2) is 14.6 Å². The van der Waals surface area contributed by atoms with Crippen molar-refractivity contribution in [2.75, 3.05) is 13.7 Å². The lowest BCUT2D eigenvalue weighted by atomic mass is 10.0. The van der Waals surface area contributed by atoms with Crippen LogP contribution in [-0.2, 0) is 18.8 Å². The first-order valence-electron chi connectivity index (χ1n) is 14.4. The molecule has 1 aromatic carbocycles. The summed E-state index contributed by atoms with van der Waals surface area (Å²) in [6, 6.07) is 8.44. The van der Waals surface area contributed by atoms with Gasteiger partial charge in [-0.15, -0.1) is 0 Å². The first kappa shape index (κ1) is 25.5. The molecule has 2 aliphatic rings. The summed E-state index contributed by atoms with van der Waals surface area (Å²) in [4.78, 5) is 14.9. The Hall–Kier alpha value is -4.47. The molecule has 4 aromatic heterocycles. The number of fused-ring (bicyclic) bond motifs is 2. The molecular weight excluding hydrogens is 514 g/mol. The summed E-state index contributed by atoms with van der Waals surface area (Å²) in [5.74, 6) is 2.18. The van der Waals surface area contributed by atoms with Crippen LogP contribution in [0.5, 0.6) is 0 Å². The molecule has 0 bridgehead atoms. The summed E-state index contributed by atoms with van der Waals surface area (Å²) in [7, 11) is 5.65. The van der Waals surface area contributed by atoms with Crippen LogP contribution in [0.2, 0.25) is 0 Å². The van der Waals surface area contributed by atoms with Gasteiger partial charge in [0, 0.05) is 72.5 Å². The van der Waals surface area contributed by atoms with Crippen LogP contribution in [0.1, 0.15) is 62.3 Å². The highest BCUT2D eigenvalue weighted by molar-refractivity contribution is 6.04. The number of hydrogen-bond donors (Lipinski definition) is 1. The van der Waals surface area contributed by atoms with E-state index in [4.69, 9.17) is 25.5 Å². The minimum atomic E-state index is 0.268. The molecule has 0 unspecified atom stereocenters. The lowest BCUT2D eigenvalue weighted by Crippen LogP contribution is -2.11. The van der Waals surface area contributed by atoms with E-state index in [2.05, 4.69) is 40.8 Å². The average Bonchev–Trinajstić information content (AvgIpc) is 3.89. The number of rotatable bonds is 9. The number of pyridine rings is 1. The second-order valence-electron chi connectivity index (χ2n) is 11.2. The fraction of sp³-hybridized carbons (Fsp3) is 0.387. The van der Waals surface area contributed by atoms with Crippen LogP contribution >= 0.6 is 0 Å². The molecule has 2 fully saturated rings. The highest BCUT2D eigenvalue weighted by Gasteiger charge is 2.35. The van der Waals surface area contributed by atoms with Crippen LogP contribution < -0.4 is 5.73 Å². The first-order chi connectivity index (χ1) is 20.0. The molecule has 0 atom stereocenters. The van der Waals surface area contributed by atoms with Gasteiger partial charge >= 0.3 is 0 Å². The van der Waals surface area contributed by atoms with E-state index in [1.165, 1.54) is 18.5 Å². The van der Waals surface area contributed by atoms with Gasteiger partial charge in [0.1, 0.15) is 11.5 Å². The molecule has 2 saturated carbocycles. The maximum absolute atomic E-state index is 6.22. The molecule has 0 saturated heterocycles. The van der Waals surface area contributed by atoms with Crippen LogP contribution in [0, 0.1) is 0 Å². The van der Waals surface area contributed by atoms with Crippen LogP contribution in [0.4, 0.5) is 0 Å². The smallest absolute Gasteiger partial charge is 0.212 e. The number of hydrogen-bond acceptors (Lipinski definition) is 7. The van der Waals surface area contributed by atoms with E-state index in [0.717, 1.165) is 69.5 Å². The molecule has 0 aliphatic heterocycles. The maximum atomic E-state index is 6.22. The Labute approximate surface area is 238 Å². The standard InChI is InChI=1S/C31H35N9O/c1-5-13-33-15-25(29(32)41-4)40-17-23-21(7-6-8-24(23)36-40)27-28(19-11-12-19)39(3)31(35-27)22-14-20-16-38(2)37-30(20)34-26(22)18-9-10-18/h6-8,14-19H,5,9-13,32H2,1-4H3/b29-25-,33-15?. The second kappa shape index (κ2) is 9.87. The Bertz CT molecular complexity index is 1850. The summed E-state index contributed by atoms with van der Waals surface area (Å²) in [6.45, 7) is 2.79. The summed E-state index contributed by atoms with van der Waals surface area (Å²) >= 11 is 0. The highest BCUT2D eigenvalue weighted by atomic mass is 16.5. The Morgan fingerprint density at radius 1 is 1.07 bits per heavy atom. The number of aryl methyl sites for hydroxylation is 1. The van der Waals surface area contributed by atoms with Crippen molar-refractivity contribution in [3.63, 3.8) is 0 Å². The fourth-order valence-corrected chi connectivity index (χ4v) is 5.70. The normalized spacial score (nSPS) is 16.3. The first-order valence-corrected chi connectivity index (χ1v) is 14.4. The van der Waals surface area contributed by atoms with E-state index in [1.807, 2.05) is 36.3 Å². The van der Waals surface area contributed by atoms with E-state index in [1.54, 1.807) is 18.0 Å². The Morgan fingerprint density at radius 2 is 1.88 bits per heavy atom. The SMILES string of the molecule is CCCN=C/C(=C(\N)OC)n1cc2c(-c3nc(-c4cc5cn(C)nc5nc4C4CC4)n(C)c3C3CC3)cccc2n1. The molecule has 5 aromatic rings. The molecule has 2 N–H and O–H groups in total. The third-order valence-corrected chi connectivity index (χ3v) is 8.04. The van der Waals surface area contributed by atoms with Crippen molar-refractivity contribution in [3.05, 3.63) is 53.9 Å². The number of ether oxygens (including phenoxy) is 1. The van der Waals surface area contributed by atoms with Crippen molar-refractivity contribution in [3.8, 4) is 22.6 Å². The van der Waals surface area contributed by atoms with Gasteiger partial charge < -0.3 is 15.0 Å². The molecular formula is C31H35N9O. The minimum Gasteiger partial charge on any atom is -0.481 e. The minimum absolute atomic E-state index is 0.268. The number of aliphatic imine (C=N–C) groups is 1. The zero-order valence-corrected chi connectivity index (χ0v) is 24.0. The van der Waals surface area contributed by atoms with Gasteiger partial charge in [-0.1, -0.05) is 19.1 Å². The monoisotopic (exact) mass is 549 g/mol. The zero-order chi connectivity index (χ0) is 28.2. The van der Waals surface area contributed by atoms with Crippen molar-refractivity contribution < 1.29 is 4.74 Å². The van der Waals surface area contributed by atoms with Crippen molar-refractivity contribution in [1.29, 1.82) is 0 Å². The van der Waals surface area contributed by atoms with Crippen molar-refractivity contribution in [2.24, 2.45) is 24.8 Å². The molecule has 7 rings (SSSR count). The molecule has 210 valence electrons. The third kappa shape index (κ3) is 4.47. The van der Waals surface area contributed by atoms with E-state index in [-0.39, 0.29) is 5.88 Å². The number of nitrogens with zero attached hydrogens (tertiary/aromatic N) is 8. The quantitative estimate of drug-likeness (QED) is 0.196. The lowest BCUT2D eigenvalue weighted by Gasteiger charge is -2.10. The molecule has 10 nitrogen and oxygen atoms in total. The van der Waals surface area contributed by atoms with Crippen molar-refractivity contribution >= 4 is 33.8 Å². The number of nitrogens with two attached hydrogens (primary N) is 1. The van der Waals surface area contributed by atoms with Crippen LogP contribution in [0.3, 0.4) is 0 Å². The number of aromatic nitrogens is 7. The van der Waals surface area contributed by atoms with Gasteiger partial charge in [-0.3, -0.25) is 9.67 Å². The van der Waals surface area contributed by atoms with Crippen LogP contribution in [0.25, 0.3) is 50.3 Å².